The van der Waals surface area contributed by atoms with Gasteiger partial charge in [0.15, 0.2) is 12.2 Å². The number of aliphatic imine (C=N–C) groups is 1. The molecule has 0 aliphatic rings. The highest BCUT2D eigenvalue weighted by molar-refractivity contribution is 6.06. The highest BCUT2D eigenvalue weighted by atomic mass is 35.5. The SMILES string of the molecule is CC(=O)N(/C=N/c1ccccn1)c1cccc[nH+]1.[Cl-]. The van der Waals surface area contributed by atoms with Gasteiger partial charge in [-0.25, -0.2) is 14.8 Å². The first-order valence-corrected chi connectivity index (χ1v) is 5.49. The number of H-pyrrole nitrogens is 1. The number of nitrogens with zero attached hydrogens (tertiary/aromatic N) is 3. The van der Waals surface area contributed by atoms with Crippen LogP contribution in [0, 0.1) is 0 Å². The molecular weight excluding hydrogens is 264 g/mol. The third-order valence-electron chi connectivity index (χ3n) is 2.25. The molecule has 6 heteroatoms. The molecule has 0 aromatic carbocycles. The van der Waals surface area contributed by atoms with E-state index in [1.807, 2.05) is 24.3 Å². The molecule has 0 saturated heterocycles. The van der Waals surface area contributed by atoms with Gasteiger partial charge >= 0.3 is 5.91 Å². The van der Waals surface area contributed by atoms with Crippen LogP contribution in [0.2, 0.25) is 0 Å². The van der Waals surface area contributed by atoms with Crippen LogP contribution in [-0.2, 0) is 4.79 Å². The molecule has 0 saturated carbocycles. The molecule has 0 aliphatic carbocycles. The average molecular weight is 277 g/mol. The maximum absolute atomic E-state index is 11.6. The highest BCUT2D eigenvalue weighted by Crippen LogP contribution is 2.07. The van der Waals surface area contributed by atoms with Gasteiger partial charge in [0, 0.05) is 19.2 Å². The molecular formula is C13H13ClN4O. The van der Waals surface area contributed by atoms with E-state index >= 15 is 0 Å². The Morgan fingerprint density at radius 3 is 2.68 bits per heavy atom. The van der Waals surface area contributed by atoms with Crippen molar-refractivity contribution in [1.82, 2.24) is 4.98 Å². The molecule has 5 nitrogen and oxygen atoms in total. The lowest BCUT2D eigenvalue weighted by molar-refractivity contribution is -0.362. The summed E-state index contributed by atoms with van der Waals surface area (Å²) in [5.74, 6) is 1.08. The molecule has 2 heterocycles. The summed E-state index contributed by atoms with van der Waals surface area (Å²) in [4.78, 5) is 24.2. The quantitative estimate of drug-likeness (QED) is 0.512. The van der Waals surface area contributed by atoms with Gasteiger partial charge in [-0.3, -0.25) is 0 Å². The van der Waals surface area contributed by atoms with E-state index in [0.717, 1.165) is 0 Å². The van der Waals surface area contributed by atoms with Gasteiger partial charge in [-0.05, 0) is 18.2 Å². The number of amides is 1. The van der Waals surface area contributed by atoms with Crippen molar-refractivity contribution in [2.45, 2.75) is 6.92 Å². The number of hydrogen-bond acceptors (Lipinski definition) is 3. The predicted molar refractivity (Wildman–Crippen MR) is 68.5 cm³/mol. The van der Waals surface area contributed by atoms with Crippen LogP contribution in [0.15, 0.2) is 53.8 Å². The molecule has 0 aliphatic heterocycles. The first kappa shape index (κ1) is 14.8. The Morgan fingerprint density at radius 2 is 2.11 bits per heavy atom. The average Bonchev–Trinajstić information content (AvgIpc) is 2.41. The number of aromatic nitrogens is 2. The molecule has 2 aromatic rings. The fourth-order valence-corrected chi connectivity index (χ4v) is 1.39. The molecule has 1 N–H and O–H groups in total. The molecule has 19 heavy (non-hydrogen) atoms. The van der Waals surface area contributed by atoms with E-state index in [1.165, 1.54) is 18.2 Å². The van der Waals surface area contributed by atoms with E-state index in [2.05, 4.69) is 15.0 Å². The van der Waals surface area contributed by atoms with Gasteiger partial charge in [0.1, 0.15) is 0 Å². The lowest BCUT2D eigenvalue weighted by Gasteiger charge is -2.05. The number of anilines is 1. The summed E-state index contributed by atoms with van der Waals surface area (Å²) in [7, 11) is 0. The third kappa shape index (κ3) is 4.15. The number of halogens is 1. The lowest BCUT2D eigenvalue weighted by atomic mass is 10.4. The van der Waals surface area contributed by atoms with Crippen LogP contribution in [0.25, 0.3) is 0 Å². The maximum atomic E-state index is 11.6. The number of aromatic amines is 1. The minimum absolute atomic E-state index is 0. The minimum Gasteiger partial charge on any atom is -1.00 e. The number of hydrogen-bond donors (Lipinski definition) is 0. The Labute approximate surface area is 117 Å². The molecule has 2 rings (SSSR count). The second-order valence-electron chi connectivity index (χ2n) is 3.57. The summed E-state index contributed by atoms with van der Waals surface area (Å²) in [6, 6.07) is 10.9. The second-order valence-corrected chi connectivity index (χ2v) is 3.57. The zero-order chi connectivity index (χ0) is 12.8. The number of rotatable bonds is 3. The van der Waals surface area contributed by atoms with Crippen molar-refractivity contribution in [2.75, 3.05) is 4.90 Å². The van der Waals surface area contributed by atoms with Crippen molar-refractivity contribution in [2.24, 2.45) is 4.99 Å². The van der Waals surface area contributed by atoms with Gasteiger partial charge in [0.2, 0.25) is 0 Å². The van der Waals surface area contributed by atoms with E-state index in [9.17, 15) is 4.79 Å². The number of carbonyl (C=O) groups is 1. The van der Waals surface area contributed by atoms with Crippen molar-refractivity contribution in [1.29, 1.82) is 0 Å². The Balaban J connectivity index is 0.00000180. The fraction of sp³-hybridized carbons (Fsp3) is 0.0769. The zero-order valence-corrected chi connectivity index (χ0v) is 11.1. The highest BCUT2D eigenvalue weighted by Gasteiger charge is 2.17. The van der Waals surface area contributed by atoms with Gasteiger partial charge in [-0.1, -0.05) is 12.1 Å². The van der Waals surface area contributed by atoms with Crippen LogP contribution in [0.1, 0.15) is 6.92 Å². The van der Waals surface area contributed by atoms with Crippen LogP contribution >= 0.6 is 0 Å². The Morgan fingerprint density at radius 1 is 1.32 bits per heavy atom. The Bertz CT molecular complexity index is 545. The molecule has 98 valence electrons. The fourth-order valence-electron chi connectivity index (χ4n) is 1.39. The topological polar surface area (TPSA) is 59.7 Å². The lowest BCUT2D eigenvalue weighted by Crippen LogP contribution is -3.00. The van der Waals surface area contributed by atoms with Crippen LogP contribution in [0.5, 0.6) is 0 Å². The maximum Gasteiger partial charge on any atom is 0.312 e. The second kappa shape index (κ2) is 7.23. The largest absolute Gasteiger partial charge is 1.00 e. The predicted octanol–water partition coefficient (Wildman–Crippen LogP) is -1.39. The van der Waals surface area contributed by atoms with E-state index in [0.29, 0.717) is 11.6 Å². The van der Waals surface area contributed by atoms with Crippen LogP contribution in [-0.4, -0.2) is 17.2 Å². The van der Waals surface area contributed by atoms with Crippen LogP contribution in [0.4, 0.5) is 11.6 Å². The normalized spacial score (nSPS) is 9.95. The summed E-state index contributed by atoms with van der Waals surface area (Å²) in [6.07, 6.45) is 4.86. The van der Waals surface area contributed by atoms with Crippen molar-refractivity contribution in [3.05, 3.63) is 48.8 Å². The summed E-state index contributed by atoms with van der Waals surface area (Å²) < 4.78 is 0. The standard InChI is InChI=1S/C13H12N4O.ClH/c1-11(18)17(13-7-3-5-9-15-13)10-16-12-6-2-4-8-14-12;/h2-10H,1H3;1H/b16-10+;. The molecule has 1 amide bonds. The van der Waals surface area contributed by atoms with E-state index in [4.69, 9.17) is 0 Å². The third-order valence-corrected chi connectivity index (χ3v) is 2.25. The number of carbonyl (C=O) groups excluding carboxylic acids is 1. The first-order chi connectivity index (χ1) is 8.77. The van der Waals surface area contributed by atoms with E-state index in [1.54, 1.807) is 24.5 Å². The van der Waals surface area contributed by atoms with Crippen LogP contribution < -0.4 is 22.3 Å². The molecule has 0 radical (unpaired) electrons. The van der Waals surface area contributed by atoms with Crippen molar-refractivity contribution in [3.8, 4) is 0 Å². The van der Waals surface area contributed by atoms with E-state index in [-0.39, 0.29) is 18.3 Å². The first-order valence-electron chi connectivity index (χ1n) is 5.49. The summed E-state index contributed by atoms with van der Waals surface area (Å²) in [5.41, 5.74) is 0. The van der Waals surface area contributed by atoms with Gasteiger partial charge in [-0.15, -0.1) is 0 Å². The molecule has 0 bridgehead atoms. The van der Waals surface area contributed by atoms with Gasteiger partial charge in [0.25, 0.3) is 5.82 Å². The molecule has 0 unspecified atom stereocenters. The summed E-state index contributed by atoms with van der Waals surface area (Å²) in [5, 5.41) is 0. The van der Waals surface area contributed by atoms with Gasteiger partial charge in [-0.2, -0.15) is 9.89 Å². The number of nitrogens with one attached hydrogen (secondary N) is 1. The zero-order valence-electron chi connectivity index (χ0n) is 10.3. The monoisotopic (exact) mass is 276 g/mol. The smallest absolute Gasteiger partial charge is 0.312 e. The van der Waals surface area contributed by atoms with Crippen molar-refractivity contribution < 1.29 is 22.2 Å². The minimum atomic E-state index is -0.128. The van der Waals surface area contributed by atoms with Gasteiger partial charge < -0.3 is 12.4 Å². The Kier molecular flexibility index (Phi) is 5.63. The molecule has 2 aromatic heterocycles. The Hall–Kier alpha value is -2.27. The molecule has 0 fully saturated rings. The summed E-state index contributed by atoms with van der Waals surface area (Å²) in [6.45, 7) is 1.48. The molecule has 0 spiro atoms. The van der Waals surface area contributed by atoms with Gasteiger partial charge in [0.05, 0.1) is 6.20 Å². The van der Waals surface area contributed by atoms with Crippen LogP contribution in [0.3, 0.4) is 0 Å². The van der Waals surface area contributed by atoms with E-state index < -0.39 is 0 Å². The summed E-state index contributed by atoms with van der Waals surface area (Å²) >= 11 is 0. The van der Waals surface area contributed by atoms with Crippen molar-refractivity contribution >= 4 is 23.9 Å². The molecule has 0 atom stereocenters. The number of pyridine rings is 2. The van der Waals surface area contributed by atoms with Crippen molar-refractivity contribution in [3.63, 3.8) is 0 Å².